The molecule has 0 atom stereocenters. The number of hydrogen-bond acceptors (Lipinski definition) is 0. The van der Waals surface area contributed by atoms with E-state index in [9.17, 15) is 0 Å². The molecule has 0 bridgehead atoms. The van der Waals surface area contributed by atoms with Crippen molar-refractivity contribution >= 4 is 5.57 Å². The Balaban J connectivity index is 2.38. The Morgan fingerprint density at radius 2 is 2.17 bits per heavy atom. The number of hydrogen-bond donors (Lipinski definition) is 0. The SMILES string of the molecule is C=CCC1=CCc2ccccc21. The second-order valence-corrected chi connectivity index (χ2v) is 3.08. The van der Waals surface area contributed by atoms with E-state index in [0.29, 0.717) is 0 Å². The van der Waals surface area contributed by atoms with E-state index in [4.69, 9.17) is 0 Å². The van der Waals surface area contributed by atoms with Gasteiger partial charge in [0.05, 0.1) is 0 Å². The highest BCUT2D eigenvalue weighted by atomic mass is 14.1. The molecule has 0 heteroatoms. The average molecular weight is 156 g/mol. The summed E-state index contributed by atoms with van der Waals surface area (Å²) in [7, 11) is 0. The predicted octanol–water partition coefficient (Wildman–Crippen LogP) is 3.20. The first kappa shape index (κ1) is 7.35. The van der Waals surface area contributed by atoms with Crippen LogP contribution in [-0.2, 0) is 6.42 Å². The molecule has 0 radical (unpaired) electrons. The molecule has 0 heterocycles. The molecule has 0 aliphatic heterocycles. The number of benzene rings is 1. The van der Waals surface area contributed by atoms with Crippen LogP contribution in [0.4, 0.5) is 0 Å². The highest BCUT2D eigenvalue weighted by Crippen LogP contribution is 2.29. The van der Waals surface area contributed by atoms with Crippen molar-refractivity contribution in [3.05, 3.63) is 54.1 Å². The van der Waals surface area contributed by atoms with Crippen molar-refractivity contribution in [2.75, 3.05) is 0 Å². The monoisotopic (exact) mass is 156 g/mol. The molecule has 0 fully saturated rings. The van der Waals surface area contributed by atoms with Crippen LogP contribution in [0.15, 0.2) is 43.0 Å². The van der Waals surface area contributed by atoms with Gasteiger partial charge in [0.15, 0.2) is 0 Å². The number of rotatable bonds is 2. The van der Waals surface area contributed by atoms with E-state index in [2.05, 4.69) is 36.9 Å². The van der Waals surface area contributed by atoms with Crippen molar-refractivity contribution in [1.29, 1.82) is 0 Å². The van der Waals surface area contributed by atoms with E-state index in [1.165, 1.54) is 16.7 Å². The maximum Gasteiger partial charge on any atom is -0.00853 e. The third-order valence-corrected chi connectivity index (χ3v) is 2.30. The molecule has 0 unspecified atom stereocenters. The first-order valence-electron chi connectivity index (χ1n) is 4.30. The van der Waals surface area contributed by atoms with Crippen LogP contribution in [0.1, 0.15) is 17.5 Å². The largest absolute Gasteiger partial charge is 0.103 e. The summed E-state index contributed by atoms with van der Waals surface area (Å²) in [4.78, 5) is 0. The van der Waals surface area contributed by atoms with Crippen LogP contribution >= 0.6 is 0 Å². The lowest BCUT2D eigenvalue weighted by Gasteiger charge is -2.01. The van der Waals surface area contributed by atoms with Crippen molar-refractivity contribution in [2.45, 2.75) is 12.8 Å². The predicted molar refractivity (Wildman–Crippen MR) is 52.9 cm³/mol. The lowest BCUT2D eigenvalue weighted by Crippen LogP contribution is -1.81. The van der Waals surface area contributed by atoms with Gasteiger partial charge in [-0.2, -0.15) is 0 Å². The fourth-order valence-electron chi connectivity index (χ4n) is 1.70. The van der Waals surface area contributed by atoms with E-state index >= 15 is 0 Å². The highest BCUT2D eigenvalue weighted by molar-refractivity contribution is 5.73. The van der Waals surface area contributed by atoms with Gasteiger partial charge >= 0.3 is 0 Å². The van der Waals surface area contributed by atoms with Crippen LogP contribution in [0.2, 0.25) is 0 Å². The normalized spacial score (nSPS) is 13.8. The minimum absolute atomic E-state index is 0.997. The van der Waals surface area contributed by atoms with Crippen molar-refractivity contribution in [3.63, 3.8) is 0 Å². The maximum absolute atomic E-state index is 3.76. The molecule has 1 aromatic rings. The summed E-state index contributed by atoms with van der Waals surface area (Å²) in [6.07, 6.45) is 6.36. The van der Waals surface area contributed by atoms with E-state index in [-0.39, 0.29) is 0 Å². The van der Waals surface area contributed by atoms with Gasteiger partial charge in [-0.15, -0.1) is 6.58 Å². The molecule has 0 nitrogen and oxygen atoms in total. The molecular formula is C12H12. The molecule has 1 aliphatic rings. The highest BCUT2D eigenvalue weighted by Gasteiger charge is 2.10. The van der Waals surface area contributed by atoms with Gasteiger partial charge in [-0.05, 0) is 29.5 Å². The Morgan fingerprint density at radius 3 is 3.00 bits per heavy atom. The van der Waals surface area contributed by atoms with Gasteiger partial charge in [0.1, 0.15) is 0 Å². The van der Waals surface area contributed by atoms with Gasteiger partial charge in [0.25, 0.3) is 0 Å². The van der Waals surface area contributed by atoms with Gasteiger partial charge < -0.3 is 0 Å². The first-order valence-corrected chi connectivity index (χ1v) is 4.30. The van der Waals surface area contributed by atoms with Crippen LogP contribution < -0.4 is 0 Å². The topological polar surface area (TPSA) is 0 Å². The Bertz CT molecular complexity index is 332. The fraction of sp³-hybridized carbons (Fsp3) is 0.167. The first-order chi connectivity index (χ1) is 5.92. The van der Waals surface area contributed by atoms with Crippen LogP contribution in [-0.4, -0.2) is 0 Å². The third kappa shape index (κ3) is 1.10. The standard InChI is InChI=1S/C12H12/c1-2-5-10-8-9-11-6-3-4-7-12(10)11/h2-4,6-8H,1,5,9H2. The van der Waals surface area contributed by atoms with Crippen molar-refractivity contribution in [3.8, 4) is 0 Å². The second-order valence-electron chi connectivity index (χ2n) is 3.08. The molecule has 12 heavy (non-hydrogen) atoms. The van der Waals surface area contributed by atoms with E-state index in [0.717, 1.165) is 12.8 Å². The van der Waals surface area contributed by atoms with Gasteiger partial charge in [-0.3, -0.25) is 0 Å². The molecule has 1 aliphatic carbocycles. The quantitative estimate of drug-likeness (QED) is 0.577. The van der Waals surface area contributed by atoms with Crippen molar-refractivity contribution in [1.82, 2.24) is 0 Å². The minimum Gasteiger partial charge on any atom is -0.103 e. The zero-order valence-electron chi connectivity index (χ0n) is 7.09. The summed E-state index contributed by atoms with van der Waals surface area (Å²) >= 11 is 0. The average Bonchev–Trinajstić information content (AvgIpc) is 2.50. The zero-order valence-corrected chi connectivity index (χ0v) is 7.09. The Morgan fingerprint density at radius 1 is 1.33 bits per heavy atom. The lowest BCUT2D eigenvalue weighted by molar-refractivity contribution is 1.31. The van der Waals surface area contributed by atoms with Gasteiger partial charge in [-0.25, -0.2) is 0 Å². The maximum atomic E-state index is 3.76. The summed E-state index contributed by atoms with van der Waals surface area (Å²) in [6, 6.07) is 8.59. The molecule has 0 saturated carbocycles. The molecule has 60 valence electrons. The van der Waals surface area contributed by atoms with Crippen LogP contribution in [0.25, 0.3) is 5.57 Å². The summed E-state index contributed by atoms with van der Waals surface area (Å²) in [5.41, 5.74) is 4.30. The second kappa shape index (κ2) is 2.98. The van der Waals surface area contributed by atoms with Gasteiger partial charge in [0.2, 0.25) is 0 Å². The van der Waals surface area contributed by atoms with E-state index in [1.807, 2.05) is 6.08 Å². The molecule has 0 saturated heterocycles. The van der Waals surface area contributed by atoms with E-state index in [1.54, 1.807) is 0 Å². The molecule has 1 aromatic carbocycles. The molecular weight excluding hydrogens is 144 g/mol. The third-order valence-electron chi connectivity index (χ3n) is 2.30. The molecule has 0 amide bonds. The number of allylic oxidation sites excluding steroid dienone is 3. The van der Waals surface area contributed by atoms with E-state index < -0.39 is 0 Å². The number of fused-ring (bicyclic) bond motifs is 1. The fourth-order valence-corrected chi connectivity index (χ4v) is 1.70. The Kier molecular flexibility index (Phi) is 1.83. The molecule has 0 spiro atoms. The summed E-state index contributed by atoms with van der Waals surface area (Å²) < 4.78 is 0. The van der Waals surface area contributed by atoms with Gasteiger partial charge in [0, 0.05) is 0 Å². The van der Waals surface area contributed by atoms with Crippen LogP contribution in [0.3, 0.4) is 0 Å². The summed E-state index contributed by atoms with van der Waals surface area (Å²) in [6.45, 7) is 3.76. The zero-order chi connectivity index (χ0) is 8.39. The Hall–Kier alpha value is -1.30. The smallest absolute Gasteiger partial charge is 0.00853 e. The van der Waals surface area contributed by atoms with Crippen molar-refractivity contribution < 1.29 is 0 Å². The lowest BCUT2D eigenvalue weighted by atomic mass is 10.0. The summed E-state index contributed by atoms with van der Waals surface area (Å²) in [5.74, 6) is 0. The van der Waals surface area contributed by atoms with Gasteiger partial charge in [-0.1, -0.05) is 36.4 Å². The van der Waals surface area contributed by atoms with Crippen LogP contribution in [0.5, 0.6) is 0 Å². The summed E-state index contributed by atoms with van der Waals surface area (Å²) in [5, 5.41) is 0. The molecule has 0 aromatic heterocycles. The molecule has 0 N–H and O–H groups in total. The molecule has 2 rings (SSSR count). The van der Waals surface area contributed by atoms with Crippen molar-refractivity contribution in [2.24, 2.45) is 0 Å². The van der Waals surface area contributed by atoms with Crippen LogP contribution in [0, 0.1) is 0 Å². The Labute approximate surface area is 73.2 Å². The minimum atomic E-state index is 0.997.